The maximum Gasteiger partial charge on any atom is 0.255 e. The van der Waals surface area contributed by atoms with Crippen molar-refractivity contribution in [3.8, 4) is 0 Å². The number of hydrogen-bond acceptors (Lipinski definition) is 4. The van der Waals surface area contributed by atoms with Gasteiger partial charge in [0, 0.05) is 10.0 Å². The molecule has 2 rings (SSSR count). The van der Waals surface area contributed by atoms with Crippen molar-refractivity contribution in [3.63, 3.8) is 0 Å². The fourth-order valence-corrected chi connectivity index (χ4v) is 2.05. The molecule has 0 aliphatic heterocycles. The van der Waals surface area contributed by atoms with Crippen molar-refractivity contribution in [2.75, 3.05) is 10.7 Å². The molecule has 19 heavy (non-hydrogen) atoms. The number of carbonyl (C=O) groups is 1. The first-order valence-electron chi connectivity index (χ1n) is 5.30. The van der Waals surface area contributed by atoms with Crippen LogP contribution in [-0.4, -0.2) is 10.9 Å². The number of hydrazine groups is 1. The van der Waals surface area contributed by atoms with Crippen LogP contribution in [0.2, 0.25) is 5.15 Å². The lowest BCUT2D eigenvalue weighted by molar-refractivity contribution is 0.102. The third-order valence-electron chi connectivity index (χ3n) is 2.33. The molecule has 0 radical (unpaired) electrons. The maximum absolute atomic E-state index is 12.1. The summed E-state index contributed by atoms with van der Waals surface area (Å²) in [5, 5.41) is 2.95. The molecule has 0 bridgehead atoms. The molecule has 0 atom stereocenters. The topological polar surface area (TPSA) is 80.0 Å². The average Bonchev–Trinajstić information content (AvgIpc) is 2.40. The summed E-state index contributed by atoms with van der Waals surface area (Å²) in [6.07, 6.45) is 0. The Kier molecular flexibility index (Phi) is 4.36. The van der Waals surface area contributed by atoms with Gasteiger partial charge in [-0.3, -0.25) is 4.79 Å². The van der Waals surface area contributed by atoms with Gasteiger partial charge in [0.15, 0.2) is 0 Å². The second-order valence-corrected chi connectivity index (χ2v) is 4.88. The summed E-state index contributed by atoms with van der Waals surface area (Å²) in [6.45, 7) is 0. The van der Waals surface area contributed by atoms with Crippen LogP contribution >= 0.6 is 27.5 Å². The van der Waals surface area contributed by atoms with Crippen molar-refractivity contribution in [1.29, 1.82) is 0 Å². The zero-order chi connectivity index (χ0) is 13.8. The van der Waals surface area contributed by atoms with E-state index in [1.807, 2.05) is 18.2 Å². The van der Waals surface area contributed by atoms with Crippen molar-refractivity contribution in [3.05, 3.63) is 51.6 Å². The van der Waals surface area contributed by atoms with Crippen LogP contribution in [0.4, 0.5) is 11.5 Å². The second-order valence-electron chi connectivity index (χ2n) is 3.64. The number of para-hydroxylation sites is 1. The van der Waals surface area contributed by atoms with Crippen molar-refractivity contribution in [1.82, 2.24) is 4.98 Å². The molecule has 0 aliphatic carbocycles. The lowest BCUT2D eigenvalue weighted by atomic mass is 10.2. The van der Waals surface area contributed by atoms with Crippen LogP contribution in [0.1, 0.15) is 10.4 Å². The van der Waals surface area contributed by atoms with E-state index in [0.717, 1.165) is 4.47 Å². The highest BCUT2D eigenvalue weighted by Crippen LogP contribution is 2.22. The lowest BCUT2D eigenvalue weighted by Crippen LogP contribution is -2.14. The lowest BCUT2D eigenvalue weighted by Gasteiger charge is -2.08. The fraction of sp³-hybridized carbons (Fsp3) is 0. The number of aromatic nitrogens is 1. The van der Waals surface area contributed by atoms with Crippen LogP contribution in [-0.2, 0) is 0 Å². The molecule has 2 aromatic rings. The standard InChI is InChI=1S/C12H10BrClN4O/c13-8-3-1-2-4-9(8)16-12(19)7-5-10(14)17-11(6-7)18-15/h1-6H,15H2,(H,16,19)(H,17,18). The number of nitrogen functional groups attached to an aromatic ring is 1. The molecule has 98 valence electrons. The normalized spacial score (nSPS) is 10.1. The van der Waals surface area contributed by atoms with Gasteiger partial charge in [0.2, 0.25) is 0 Å². The molecule has 0 spiro atoms. The summed E-state index contributed by atoms with van der Waals surface area (Å²) < 4.78 is 0.792. The summed E-state index contributed by atoms with van der Waals surface area (Å²) in [5.74, 6) is 5.28. The molecule has 1 amide bonds. The Balaban J connectivity index is 2.25. The molecule has 0 aliphatic rings. The highest BCUT2D eigenvalue weighted by Gasteiger charge is 2.10. The molecular weight excluding hydrogens is 332 g/mol. The van der Waals surface area contributed by atoms with Gasteiger partial charge in [-0.25, -0.2) is 10.8 Å². The second kappa shape index (κ2) is 6.01. The predicted octanol–water partition coefficient (Wildman–Crippen LogP) is 3.04. The number of nitrogens with one attached hydrogen (secondary N) is 2. The monoisotopic (exact) mass is 340 g/mol. The van der Waals surface area contributed by atoms with E-state index in [-0.39, 0.29) is 11.1 Å². The Labute approximate surface area is 123 Å². The van der Waals surface area contributed by atoms with Crippen molar-refractivity contribution >= 4 is 44.9 Å². The van der Waals surface area contributed by atoms with E-state index >= 15 is 0 Å². The van der Waals surface area contributed by atoms with E-state index in [2.05, 4.69) is 31.7 Å². The molecule has 0 fully saturated rings. The Morgan fingerprint density at radius 2 is 2.05 bits per heavy atom. The maximum atomic E-state index is 12.1. The molecule has 0 saturated carbocycles. The summed E-state index contributed by atoms with van der Waals surface area (Å²) >= 11 is 9.17. The molecule has 7 heteroatoms. The minimum atomic E-state index is -0.298. The Bertz CT molecular complexity index is 620. The van der Waals surface area contributed by atoms with Crippen LogP contribution in [0.25, 0.3) is 0 Å². The van der Waals surface area contributed by atoms with Crippen LogP contribution < -0.4 is 16.6 Å². The van der Waals surface area contributed by atoms with Gasteiger partial charge in [-0.15, -0.1) is 0 Å². The number of rotatable bonds is 3. The van der Waals surface area contributed by atoms with Gasteiger partial charge in [-0.1, -0.05) is 23.7 Å². The van der Waals surface area contributed by atoms with Crippen LogP contribution in [0, 0.1) is 0 Å². The highest BCUT2D eigenvalue weighted by atomic mass is 79.9. The van der Waals surface area contributed by atoms with E-state index < -0.39 is 0 Å². The fourth-order valence-electron chi connectivity index (χ4n) is 1.46. The number of hydrogen-bond donors (Lipinski definition) is 3. The first-order chi connectivity index (χ1) is 9.10. The van der Waals surface area contributed by atoms with Gasteiger partial charge in [0.25, 0.3) is 5.91 Å². The van der Waals surface area contributed by atoms with Gasteiger partial charge in [0.1, 0.15) is 11.0 Å². The largest absolute Gasteiger partial charge is 0.321 e. The number of benzene rings is 1. The smallest absolute Gasteiger partial charge is 0.255 e. The molecular formula is C12H10BrClN4O. The van der Waals surface area contributed by atoms with E-state index in [9.17, 15) is 4.79 Å². The minimum Gasteiger partial charge on any atom is -0.321 e. The van der Waals surface area contributed by atoms with Crippen molar-refractivity contribution in [2.45, 2.75) is 0 Å². The highest BCUT2D eigenvalue weighted by molar-refractivity contribution is 9.10. The number of anilines is 2. The molecule has 5 nitrogen and oxygen atoms in total. The van der Waals surface area contributed by atoms with Crippen molar-refractivity contribution in [2.24, 2.45) is 5.84 Å². The molecule has 0 unspecified atom stereocenters. The van der Waals surface area contributed by atoms with E-state index in [4.69, 9.17) is 17.4 Å². The van der Waals surface area contributed by atoms with Gasteiger partial charge in [-0.05, 0) is 40.2 Å². The zero-order valence-corrected chi connectivity index (χ0v) is 12.0. The van der Waals surface area contributed by atoms with Gasteiger partial charge < -0.3 is 10.7 Å². The number of amides is 1. The average molecular weight is 342 g/mol. The van der Waals surface area contributed by atoms with Crippen LogP contribution in [0.5, 0.6) is 0 Å². The third-order valence-corrected chi connectivity index (χ3v) is 3.21. The summed E-state index contributed by atoms with van der Waals surface area (Å²) in [6, 6.07) is 10.3. The van der Waals surface area contributed by atoms with Crippen molar-refractivity contribution < 1.29 is 4.79 Å². The van der Waals surface area contributed by atoms with Gasteiger partial charge in [-0.2, -0.15) is 0 Å². The van der Waals surface area contributed by atoms with Crippen LogP contribution in [0.15, 0.2) is 40.9 Å². The predicted molar refractivity (Wildman–Crippen MR) is 79.2 cm³/mol. The minimum absolute atomic E-state index is 0.188. The third kappa shape index (κ3) is 3.44. The number of nitrogens with two attached hydrogens (primary N) is 1. The number of nitrogens with zero attached hydrogens (tertiary/aromatic N) is 1. The molecule has 1 aromatic carbocycles. The Morgan fingerprint density at radius 3 is 2.74 bits per heavy atom. The zero-order valence-electron chi connectivity index (χ0n) is 9.65. The van der Waals surface area contributed by atoms with E-state index in [1.165, 1.54) is 12.1 Å². The first-order valence-corrected chi connectivity index (χ1v) is 6.47. The van der Waals surface area contributed by atoms with E-state index in [1.54, 1.807) is 6.07 Å². The summed E-state index contributed by atoms with van der Waals surface area (Å²) in [7, 11) is 0. The van der Waals surface area contributed by atoms with Crippen LogP contribution in [0.3, 0.4) is 0 Å². The number of halogens is 2. The molecule has 0 saturated heterocycles. The SMILES string of the molecule is NNc1cc(C(=O)Nc2ccccc2Br)cc(Cl)n1. The Morgan fingerprint density at radius 1 is 1.32 bits per heavy atom. The number of pyridine rings is 1. The molecule has 1 aromatic heterocycles. The quantitative estimate of drug-likeness (QED) is 0.455. The molecule has 1 heterocycles. The number of carbonyl (C=O) groups excluding carboxylic acids is 1. The van der Waals surface area contributed by atoms with Gasteiger partial charge >= 0.3 is 0 Å². The van der Waals surface area contributed by atoms with Gasteiger partial charge in [0.05, 0.1) is 5.69 Å². The summed E-state index contributed by atoms with van der Waals surface area (Å²) in [4.78, 5) is 16.0. The van der Waals surface area contributed by atoms with E-state index in [0.29, 0.717) is 17.1 Å². The first kappa shape index (κ1) is 13.8. The Hall–Kier alpha value is -1.63. The summed E-state index contributed by atoms with van der Waals surface area (Å²) in [5.41, 5.74) is 3.39. The molecule has 4 N–H and O–H groups in total.